The third-order valence-corrected chi connectivity index (χ3v) is 2.47. The van der Waals surface area contributed by atoms with Gasteiger partial charge < -0.3 is 4.74 Å². The number of rotatable bonds is 2. The summed E-state index contributed by atoms with van der Waals surface area (Å²) in [6.07, 6.45) is 2.12. The molecule has 2 rings (SSSR count). The Kier molecular flexibility index (Phi) is 2.67. The molecule has 0 saturated carbocycles. The molecule has 1 aliphatic heterocycles. The van der Waals surface area contributed by atoms with Gasteiger partial charge in [-0.1, -0.05) is 30.3 Å². The Morgan fingerprint density at radius 2 is 2.31 bits per heavy atom. The van der Waals surface area contributed by atoms with E-state index in [-0.39, 0.29) is 0 Å². The van der Waals surface area contributed by atoms with Crippen LogP contribution in [-0.4, -0.2) is 13.2 Å². The van der Waals surface area contributed by atoms with Crippen LogP contribution in [0.15, 0.2) is 30.3 Å². The minimum Gasteiger partial charge on any atom is -0.373 e. The molecule has 1 heterocycles. The van der Waals surface area contributed by atoms with E-state index in [1.165, 1.54) is 11.1 Å². The fraction of sp³-hybridized carbons (Fsp3) is 0.273. The highest BCUT2D eigenvalue weighted by Gasteiger charge is 2.06. The summed E-state index contributed by atoms with van der Waals surface area (Å²) in [7, 11) is 0. The molecule has 13 heavy (non-hydrogen) atoms. The molecule has 0 aromatic heterocycles. The average Bonchev–Trinajstić information content (AvgIpc) is 2.71. The molecular formula is C11H11ClO. The number of benzene rings is 1. The van der Waals surface area contributed by atoms with Crippen molar-refractivity contribution in [2.24, 2.45) is 0 Å². The first-order valence-electron chi connectivity index (χ1n) is 4.32. The molecule has 0 unspecified atom stereocenters. The van der Waals surface area contributed by atoms with Crippen molar-refractivity contribution in [3.63, 3.8) is 0 Å². The van der Waals surface area contributed by atoms with Crippen molar-refractivity contribution in [1.29, 1.82) is 0 Å². The molecule has 0 saturated heterocycles. The van der Waals surface area contributed by atoms with Gasteiger partial charge >= 0.3 is 0 Å². The molecule has 1 aromatic carbocycles. The van der Waals surface area contributed by atoms with Gasteiger partial charge in [0, 0.05) is 5.88 Å². The van der Waals surface area contributed by atoms with Crippen LogP contribution in [0, 0.1) is 0 Å². The molecule has 1 aromatic rings. The second-order valence-electron chi connectivity index (χ2n) is 3.08. The summed E-state index contributed by atoms with van der Waals surface area (Å²) >= 11 is 5.75. The Hall–Kier alpha value is -0.790. The van der Waals surface area contributed by atoms with Gasteiger partial charge in [-0.15, -0.1) is 11.6 Å². The van der Waals surface area contributed by atoms with E-state index in [2.05, 4.69) is 18.2 Å². The normalized spacial score (nSPS) is 15.9. The van der Waals surface area contributed by atoms with Crippen LogP contribution in [0.4, 0.5) is 0 Å². The summed E-state index contributed by atoms with van der Waals surface area (Å²) in [5.74, 6) is 0.571. The van der Waals surface area contributed by atoms with Gasteiger partial charge in [0.1, 0.15) is 0 Å². The van der Waals surface area contributed by atoms with E-state index in [9.17, 15) is 0 Å². The van der Waals surface area contributed by atoms with Crippen LogP contribution in [0.3, 0.4) is 0 Å². The largest absolute Gasteiger partial charge is 0.373 e. The number of halogens is 1. The minimum atomic E-state index is 0.571. The summed E-state index contributed by atoms with van der Waals surface area (Å²) in [4.78, 5) is 0. The highest BCUT2D eigenvalue weighted by Crippen LogP contribution is 2.20. The Morgan fingerprint density at radius 1 is 1.38 bits per heavy atom. The van der Waals surface area contributed by atoms with Crippen LogP contribution >= 0.6 is 11.6 Å². The number of hydrogen-bond acceptors (Lipinski definition) is 1. The van der Waals surface area contributed by atoms with E-state index in [0.717, 1.165) is 18.8 Å². The van der Waals surface area contributed by atoms with Crippen molar-refractivity contribution < 1.29 is 4.74 Å². The van der Waals surface area contributed by atoms with Crippen molar-refractivity contribution in [1.82, 2.24) is 0 Å². The number of hydrogen-bond donors (Lipinski definition) is 0. The van der Waals surface area contributed by atoms with Gasteiger partial charge in [0.15, 0.2) is 0 Å². The van der Waals surface area contributed by atoms with Gasteiger partial charge in [0.25, 0.3) is 0 Å². The first-order chi connectivity index (χ1) is 6.40. The van der Waals surface area contributed by atoms with E-state index in [0.29, 0.717) is 5.88 Å². The molecule has 0 spiro atoms. The van der Waals surface area contributed by atoms with Crippen molar-refractivity contribution in [2.45, 2.75) is 5.88 Å². The molecule has 1 aliphatic rings. The van der Waals surface area contributed by atoms with Crippen LogP contribution in [0.25, 0.3) is 5.57 Å². The van der Waals surface area contributed by atoms with Crippen molar-refractivity contribution in [3.05, 3.63) is 41.5 Å². The van der Waals surface area contributed by atoms with Gasteiger partial charge in [-0.2, -0.15) is 0 Å². The molecule has 0 bridgehead atoms. The van der Waals surface area contributed by atoms with E-state index in [4.69, 9.17) is 16.3 Å². The molecule has 0 amide bonds. The van der Waals surface area contributed by atoms with E-state index >= 15 is 0 Å². The smallest absolute Gasteiger partial charge is 0.0724 e. The molecule has 0 fully saturated rings. The monoisotopic (exact) mass is 194 g/mol. The Labute approximate surface area is 83.0 Å². The third-order valence-electron chi connectivity index (χ3n) is 2.16. The maximum Gasteiger partial charge on any atom is 0.0724 e. The van der Waals surface area contributed by atoms with Gasteiger partial charge in [-0.25, -0.2) is 0 Å². The van der Waals surface area contributed by atoms with Gasteiger partial charge in [-0.3, -0.25) is 0 Å². The summed E-state index contributed by atoms with van der Waals surface area (Å²) in [6, 6.07) is 8.28. The lowest BCUT2D eigenvalue weighted by atomic mass is 10.1. The predicted octanol–water partition coefficient (Wildman–Crippen LogP) is 2.84. The quantitative estimate of drug-likeness (QED) is 0.658. The highest BCUT2D eigenvalue weighted by molar-refractivity contribution is 6.17. The minimum absolute atomic E-state index is 0.571. The van der Waals surface area contributed by atoms with Gasteiger partial charge in [0.05, 0.1) is 13.2 Å². The Morgan fingerprint density at radius 3 is 3.00 bits per heavy atom. The summed E-state index contributed by atoms with van der Waals surface area (Å²) in [5, 5.41) is 0. The number of alkyl halides is 1. The zero-order valence-electron chi connectivity index (χ0n) is 7.29. The second kappa shape index (κ2) is 3.95. The second-order valence-corrected chi connectivity index (χ2v) is 3.35. The standard InChI is InChI=1S/C11H11ClO/c12-7-9-2-1-3-10(6-9)11-4-5-13-8-11/h1-4,6H,5,7-8H2. The van der Waals surface area contributed by atoms with Crippen LogP contribution < -0.4 is 0 Å². The lowest BCUT2D eigenvalue weighted by Crippen LogP contribution is -1.89. The summed E-state index contributed by atoms with van der Waals surface area (Å²) in [6.45, 7) is 1.46. The predicted molar refractivity (Wildman–Crippen MR) is 54.8 cm³/mol. The first-order valence-corrected chi connectivity index (χ1v) is 4.85. The van der Waals surface area contributed by atoms with Crippen LogP contribution in [-0.2, 0) is 10.6 Å². The van der Waals surface area contributed by atoms with Crippen molar-refractivity contribution in [2.75, 3.05) is 13.2 Å². The first kappa shape index (κ1) is 8.79. The lowest BCUT2D eigenvalue weighted by molar-refractivity contribution is 0.216. The lowest BCUT2D eigenvalue weighted by Gasteiger charge is -2.02. The van der Waals surface area contributed by atoms with E-state index in [1.54, 1.807) is 0 Å². The fourth-order valence-electron chi connectivity index (χ4n) is 1.44. The molecule has 0 aliphatic carbocycles. The SMILES string of the molecule is ClCc1cccc(C2=CCOC2)c1. The van der Waals surface area contributed by atoms with E-state index < -0.39 is 0 Å². The Balaban J connectivity index is 2.29. The van der Waals surface area contributed by atoms with Crippen LogP contribution in [0.2, 0.25) is 0 Å². The van der Waals surface area contributed by atoms with Gasteiger partial charge in [0.2, 0.25) is 0 Å². The van der Waals surface area contributed by atoms with Crippen LogP contribution in [0.1, 0.15) is 11.1 Å². The van der Waals surface area contributed by atoms with Gasteiger partial charge in [-0.05, 0) is 16.7 Å². The molecule has 0 radical (unpaired) electrons. The highest BCUT2D eigenvalue weighted by atomic mass is 35.5. The molecule has 2 heteroatoms. The molecule has 0 N–H and O–H groups in total. The molecular weight excluding hydrogens is 184 g/mol. The molecule has 1 nitrogen and oxygen atoms in total. The topological polar surface area (TPSA) is 9.23 Å². The third kappa shape index (κ3) is 1.93. The zero-order chi connectivity index (χ0) is 9.10. The molecule has 0 atom stereocenters. The average molecular weight is 195 g/mol. The van der Waals surface area contributed by atoms with Crippen molar-refractivity contribution in [3.8, 4) is 0 Å². The molecule has 68 valence electrons. The summed E-state index contributed by atoms with van der Waals surface area (Å²) in [5.41, 5.74) is 3.66. The summed E-state index contributed by atoms with van der Waals surface area (Å²) < 4.78 is 5.26. The van der Waals surface area contributed by atoms with Crippen LogP contribution in [0.5, 0.6) is 0 Å². The van der Waals surface area contributed by atoms with E-state index in [1.807, 2.05) is 12.1 Å². The maximum atomic E-state index is 5.75. The fourth-order valence-corrected chi connectivity index (χ4v) is 1.61. The number of ether oxygens (including phenoxy) is 1. The zero-order valence-corrected chi connectivity index (χ0v) is 8.05. The van der Waals surface area contributed by atoms with Crippen molar-refractivity contribution >= 4 is 17.2 Å². The Bertz CT molecular complexity index is 331. The maximum absolute atomic E-state index is 5.75.